The predicted molar refractivity (Wildman–Crippen MR) is 129 cm³/mol. The largest absolute Gasteiger partial charge is 0.495 e. The van der Waals surface area contributed by atoms with Gasteiger partial charge in [-0.2, -0.15) is 0 Å². The summed E-state index contributed by atoms with van der Waals surface area (Å²) in [6, 6.07) is 17.0. The fraction of sp³-hybridized carbons (Fsp3) is 0.167. The molecular formula is C24H21FN2O5S2. The van der Waals surface area contributed by atoms with E-state index in [1.165, 1.54) is 30.5 Å². The van der Waals surface area contributed by atoms with Gasteiger partial charge in [0.15, 0.2) is 15.0 Å². The molecule has 0 aliphatic heterocycles. The number of thiazole rings is 1. The van der Waals surface area contributed by atoms with Crippen molar-refractivity contribution in [3.05, 3.63) is 78.1 Å². The molecule has 10 heteroatoms. The van der Waals surface area contributed by atoms with Gasteiger partial charge in [0, 0.05) is 0 Å². The molecule has 34 heavy (non-hydrogen) atoms. The number of hydrogen-bond acceptors (Lipinski definition) is 7. The zero-order valence-corrected chi connectivity index (χ0v) is 20.0. The van der Waals surface area contributed by atoms with Crippen LogP contribution in [-0.4, -0.2) is 39.3 Å². The van der Waals surface area contributed by atoms with Gasteiger partial charge in [-0.15, -0.1) is 0 Å². The van der Waals surface area contributed by atoms with E-state index in [1.807, 2.05) is 30.3 Å². The summed E-state index contributed by atoms with van der Waals surface area (Å²) in [6.45, 7) is 0.114. The number of carbonyl (C=O) groups is 1. The molecule has 0 bridgehead atoms. The molecule has 1 aromatic heterocycles. The van der Waals surface area contributed by atoms with E-state index in [0.717, 1.165) is 29.8 Å². The van der Waals surface area contributed by atoms with E-state index in [0.29, 0.717) is 26.8 Å². The molecule has 0 atom stereocenters. The Kier molecular flexibility index (Phi) is 6.80. The summed E-state index contributed by atoms with van der Waals surface area (Å²) in [6.07, 6.45) is 0. The number of hydrogen-bond donors (Lipinski definition) is 0. The van der Waals surface area contributed by atoms with Crippen molar-refractivity contribution in [2.24, 2.45) is 0 Å². The predicted octanol–water partition coefficient (Wildman–Crippen LogP) is 4.46. The minimum Gasteiger partial charge on any atom is -0.495 e. The Morgan fingerprint density at radius 2 is 1.62 bits per heavy atom. The van der Waals surface area contributed by atoms with E-state index in [-0.39, 0.29) is 11.4 Å². The Morgan fingerprint density at radius 3 is 2.26 bits per heavy atom. The first kappa shape index (κ1) is 23.7. The topological polar surface area (TPSA) is 85.8 Å². The van der Waals surface area contributed by atoms with E-state index in [4.69, 9.17) is 9.47 Å². The molecule has 0 saturated heterocycles. The highest BCUT2D eigenvalue weighted by Gasteiger charge is 2.28. The molecule has 4 rings (SSSR count). The van der Waals surface area contributed by atoms with Gasteiger partial charge >= 0.3 is 0 Å². The Labute approximate surface area is 200 Å². The zero-order valence-electron chi connectivity index (χ0n) is 18.4. The van der Waals surface area contributed by atoms with Crippen molar-refractivity contribution in [3.63, 3.8) is 0 Å². The van der Waals surface area contributed by atoms with Gasteiger partial charge < -0.3 is 9.47 Å². The number of fused-ring (bicyclic) bond motifs is 1. The first-order chi connectivity index (χ1) is 16.3. The van der Waals surface area contributed by atoms with Gasteiger partial charge in [0.05, 0.1) is 25.7 Å². The van der Waals surface area contributed by atoms with Gasteiger partial charge in [-0.05, 0) is 42.0 Å². The molecular weight excluding hydrogens is 479 g/mol. The highest BCUT2D eigenvalue weighted by Crippen LogP contribution is 2.40. The number of rotatable bonds is 8. The molecule has 0 aliphatic rings. The number of carbonyl (C=O) groups excluding carboxylic acids is 1. The van der Waals surface area contributed by atoms with Crippen LogP contribution in [0.25, 0.3) is 10.2 Å². The van der Waals surface area contributed by atoms with Crippen LogP contribution in [0.5, 0.6) is 11.5 Å². The molecule has 4 aromatic rings. The Balaban J connectivity index is 1.75. The van der Waals surface area contributed by atoms with Crippen molar-refractivity contribution in [1.82, 2.24) is 4.98 Å². The van der Waals surface area contributed by atoms with Crippen molar-refractivity contribution < 1.29 is 27.1 Å². The second-order valence-electron chi connectivity index (χ2n) is 7.32. The number of halogens is 1. The van der Waals surface area contributed by atoms with Gasteiger partial charge in [0.1, 0.15) is 33.3 Å². The van der Waals surface area contributed by atoms with E-state index in [1.54, 1.807) is 12.1 Å². The SMILES string of the molecule is COc1ccc(OC)c2sc(N(Cc3ccccc3)C(=O)CS(=O)(=O)c3ccc(F)cc3)nc12. The van der Waals surface area contributed by atoms with E-state index >= 15 is 0 Å². The van der Waals surface area contributed by atoms with Crippen LogP contribution >= 0.6 is 11.3 Å². The number of ether oxygens (including phenoxy) is 2. The second-order valence-corrected chi connectivity index (χ2v) is 10.3. The Bertz CT molecular complexity index is 1380. The van der Waals surface area contributed by atoms with Gasteiger partial charge in [-0.1, -0.05) is 41.7 Å². The lowest BCUT2D eigenvalue weighted by Crippen LogP contribution is -2.35. The molecule has 1 amide bonds. The van der Waals surface area contributed by atoms with Crippen LogP contribution in [0.4, 0.5) is 9.52 Å². The van der Waals surface area contributed by atoms with Crippen molar-refractivity contribution in [1.29, 1.82) is 0 Å². The smallest absolute Gasteiger partial charge is 0.244 e. The number of anilines is 1. The van der Waals surface area contributed by atoms with Crippen LogP contribution < -0.4 is 14.4 Å². The maximum atomic E-state index is 13.4. The first-order valence-electron chi connectivity index (χ1n) is 10.2. The molecule has 176 valence electrons. The normalized spacial score (nSPS) is 11.4. The molecule has 0 aliphatic carbocycles. The quantitative estimate of drug-likeness (QED) is 0.332. The number of sulfone groups is 1. The number of benzene rings is 3. The molecule has 0 radical (unpaired) electrons. The Hall–Kier alpha value is -3.50. The maximum Gasteiger partial charge on any atom is 0.244 e. The Morgan fingerprint density at radius 1 is 0.971 bits per heavy atom. The maximum absolute atomic E-state index is 13.4. The van der Waals surface area contributed by atoms with Crippen LogP contribution in [0, 0.1) is 5.82 Å². The average Bonchev–Trinajstić information content (AvgIpc) is 3.27. The van der Waals surface area contributed by atoms with Crippen molar-refractivity contribution in [2.45, 2.75) is 11.4 Å². The molecule has 0 unspecified atom stereocenters. The fourth-order valence-electron chi connectivity index (χ4n) is 3.38. The molecule has 0 fully saturated rings. The van der Waals surface area contributed by atoms with Gasteiger partial charge in [-0.3, -0.25) is 9.69 Å². The molecule has 7 nitrogen and oxygen atoms in total. The van der Waals surface area contributed by atoms with Crippen LogP contribution in [0.15, 0.2) is 71.6 Å². The van der Waals surface area contributed by atoms with Crippen molar-refractivity contribution in [3.8, 4) is 11.5 Å². The summed E-state index contributed by atoms with van der Waals surface area (Å²) in [7, 11) is -0.961. The third-order valence-electron chi connectivity index (χ3n) is 5.10. The number of methoxy groups -OCH3 is 2. The number of aromatic nitrogens is 1. The zero-order chi connectivity index (χ0) is 24.3. The molecule has 0 N–H and O–H groups in total. The van der Waals surface area contributed by atoms with Crippen LogP contribution in [0.2, 0.25) is 0 Å². The van der Waals surface area contributed by atoms with Crippen molar-refractivity contribution >= 4 is 42.4 Å². The minimum absolute atomic E-state index is 0.114. The van der Waals surface area contributed by atoms with Gasteiger partial charge in [0.2, 0.25) is 5.91 Å². The summed E-state index contributed by atoms with van der Waals surface area (Å²) in [4.78, 5) is 19.2. The monoisotopic (exact) mass is 500 g/mol. The molecule has 0 saturated carbocycles. The summed E-state index contributed by atoms with van der Waals surface area (Å²) in [5, 5.41) is 0.306. The van der Waals surface area contributed by atoms with Crippen molar-refractivity contribution in [2.75, 3.05) is 24.9 Å². The summed E-state index contributed by atoms with van der Waals surface area (Å²) < 4.78 is 50.5. The second kappa shape index (κ2) is 9.78. The van der Waals surface area contributed by atoms with Crippen LogP contribution in [0.1, 0.15) is 5.56 Å². The van der Waals surface area contributed by atoms with E-state index < -0.39 is 27.3 Å². The molecule has 3 aromatic carbocycles. The minimum atomic E-state index is -4.01. The summed E-state index contributed by atoms with van der Waals surface area (Å²) in [5.74, 6) is -0.955. The standard InChI is InChI=1S/C24H21FN2O5S2/c1-31-19-12-13-20(32-2)23-22(19)26-24(33-23)27(14-16-6-4-3-5-7-16)21(28)15-34(29,30)18-10-8-17(25)9-11-18/h3-13H,14-15H2,1-2H3. The van der Waals surface area contributed by atoms with Gasteiger partial charge in [-0.25, -0.2) is 17.8 Å². The first-order valence-corrected chi connectivity index (χ1v) is 12.6. The lowest BCUT2D eigenvalue weighted by molar-refractivity contribution is -0.116. The average molecular weight is 501 g/mol. The lowest BCUT2D eigenvalue weighted by atomic mass is 10.2. The molecule has 1 heterocycles. The third-order valence-corrected chi connectivity index (χ3v) is 7.81. The highest BCUT2D eigenvalue weighted by atomic mass is 32.2. The van der Waals surface area contributed by atoms with E-state index in [2.05, 4.69) is 4.98 Å². The lowest BCUT2D eigenvalue weighted by Gasteiger charge is -2.20. The van der Waals surface area contributed by atoms with Gasteiger partial charge in [0.25, 0.3) is 0 Å². The number of nitrogens with zero attached hydrogens (tertiary/aromatic N) is 2. The fourth-order valence-corrected chi connectivity index (χ4v) is 5.67. The number of amides is 1. The highest BCUT2D eigenvalue weighted by molar-refractivity contribution is 7.92. The summed E-state index contributed by atoms with van der Waals surface area (Å²) >= 11 is 1.20. The summed E-state index contributed by atoms with van der Waals surface area (Å²) in [5.41, 5.74) is 1.31. The van der Waals surface area contributed by atoms with Crippen LogP contribution in [-0.2, 0) is 21.2 Å². The third kappa shape index (κ3) is 4.87. The van der Waals surface area contributed by atoms with E-state index in [9.17, 15) is 17.6 Å². The molecule has 0 spiro atoms. The van der Waals surface area contributed by atoms with Crippen LogP contribution in [0.3, 0.4) is 0 Å².